The number of amides is 1. The van der Waals surface area contributed by atoms with Gasteiger partial charge in [0.2, 0.25) is 0 Å². The molecule has 2 unspecified atom stereocenters. The molecule has 0 aromatic rings. The van der Waals surface area contributed by atoms with E-state index >= 15 is 0 Å². The predicted octanol–water partition coefficient (Wildman–Crippen LogP) is 5.00. The zero-order valence-corrected chi connectivity index (χ0v) is 14.7. The Bertz CT molecular complexity index is 254. The second kappa shape index (κ2) is 8.44. The quantitative estimate of drug-likeness (QED) is 0.783. The molecule has 0 rings (SSSR count). The molecule has 0 aromatic carbocycles. The summed E-state index contributed by atoms with van der Waals surface area (Å²) in [7, 11) is 0. The van der Waals surface area contributed by atoms with Crippen LogP contribution < -0.4 is 5.32 Å². The van der Waals surface area contributed by atoms with Gasteiger partial charge in [0.15, 0.2) is 0 Å². The lowest BCUT2D eigenvalue weighted by Gasteiger charge is -2.32. The van der Waals surface area contributed by atoms with Crippen LogP contribution in [0.1, 0.15) is 75.7 Å². The Balaban J connectivity index is 0. The molecule has 3 nitrogen and oxygen atoms in total. The standard InChI is InChI=1S/C14H29NO2.C2H6/c1-9-14(7,8)11(3)17-12(16)15-10(2)13(4,5)6;1-2/h10-11H,9H2,1-8H3,(H,15,16);1-2H3. The number of carbonyl (C=O) groups is 1. The third-order valence-corrected chi connectivity index (χ3v) is 3.93. The summed E-state index contributed by atoms with van der Waals surface area (Å²) < 4.78 is 5.42. The van der Waals surface area contributed by atoms with Crippen molar-refractivity contribution in [3.8, 4) is 0 Å². The maximum absolute atomic E-state index is 11.7. The number of hydrogen-bond acceptors (Lipinski definition) is 2. The van der Waals surface area contributed by atoms with Crippen molar-refractivity contribution in [3.63, 3.8) is 0 Å². The number of alkyl carbamates (subject to hydrolysis) is 1. The molecule has 0 fully saturated rings. The first-order valence-corrected chi connectivity index (χ1v) is 7.48. The topological polar surface area (TPSA) is 38.3 Å². The zero-order valence-electron chi connectivity index (χ0n) is 14.7. The Morgan fingerprint density at radius 3 is 1.84 bits per heavy atom. The number of carbonyl (C=O) groups excluding carboxylic acids is 1. The molecule has 0 radical (unpaired) electrons. The molecule has 0 aliphatic rings. The van der Waals surface area contributed by atoms with Gasteiger partial charge < -0.3 is 10.1 Å². The van der Waals surface area contributed by atoms with Gasteiger partial charge in [0.1, 0.15) is 6.10 Å². The van der Waals surface area contributed by atoms with E-state index in [2.05, 4.69) is 46.9 Å². The first-order valence-electron chi connectivity index (χ1n) is 7.48. The van der Waals surface area contributed by atoms with Crippen molar-refractivity contribution in [3.05, 3.63) is 0 Å². The van der Waals surface area contributed by atoms with E-state index in [1.54, 1.807) is 0 Å². The molecule has 0 saturated carbocycles. The van der Waals surface area contributed by atoms with E-state index in [4.69, 9.17) is 4.74 Å². The van der Waals surface area contributed by atoms with Crippen molar-refractivity contribution in [1.82, 2.24) is 5.32 Å². The van der Waals surface area contributed by atoms with Crippen LogP contribution in [-0.4, -0.2) is 18.2 Å². The molecule has 0 aliphatic carbocycles. The van der Waals surface area contributed by atoms with Crippen molar-refractivity contribution in [2.24, 2.45) is 10.8 Å². The highest BCUT2D eigenvalue weighted by Crippen LogP contribution is 2.27. The van der Waals surface area contributed by atoms with E-state index in [0.29, 0.717) is 0 Å². The Kier molecular flexibility index (Phi) is 9.15. The van der Waals surface area contributed by atoms with Gasteiger partial charge in [-0.1, -0.05) is 55.4 Å². The van der Waals surface area contributed by atoms with Crippen LogP contribution in [0.2, 0.25) is 0 Å². The van der Waals surface area contributed by atoms with Crippen LogP contribution in [0.5, 0.6) is 0 Å². The largest absolute Gasteiger partial charge is 0.446 e. The highest BCUT2D eigenvalue weighted by atomic mass is 16.6. The Hall–Kier alpha value is -0.730. The molecule has 1 amide bonds. The minimum atomic E-state index is -0.318. The van der Waals surface area contributed by atoms with Crippen LogP contribution in [0.15, 0.2) is 0 Å². The third-order valence-electron chi connectivity index (χ3n) is 3.93. The fourth-order valence-corrected chi connectivity index (χ4v) is 1.03. The molecule has 0 aliphatic heterocycles. The number of ether oxygens (including phenoxy) is 1. The molecule has 19 heavy (non-hydrogen) atoms. The predicted molar refractivity (Wildman–Crippen MR) is 83.4 cm³/mol. The molecule has 1 N–H and O–H groups in total. The summed E-state index contributed by atoms with van der Waals surface area (Å²) in [6, 6.07) is 0.0898. The van der Waals surface area contributed by atoms with E-state index in [-0.39, 0.29) is 29.1 Å². The van der Waals surface area contributed by atoms with Gasteiger partial charge in [-0.3, -0.25) is 0 Å². The summed E-state index contributed by atoms with van der Waals surface area (Å²) in [5, 5.41) is 2.89. The van der Waals surface area contributed by atoms with Crippen LogP contribution in [0, 0.1) is 10.8 Å². The summed E-state index contributed by atoms with van der Waals surface area (Å²) >= 11 is 0. The number of nitrogens with one attached hydrogen (secondary N) is 1. The fraction of sp³-hybridized carbons (Fsp3) is 0.938. The number of rotatable bonds is 4. The van der Waals surface area contributed by atoms with Crippen LogP contribution in [0.4, 0.5) is 4.79 Å². The average molecular weight is 273 g/mol. The molecule has 0 bridgehead atoms. The smallest absolute Gasteiger partial charge is 0.407 e. The second-order valence-electron chi connectivity index (χ2n) is 6.62. The molecular weight excluding hydrogens is 238 g/mol. The van der Waals surface area contributed by atoms with Crippen molar-refractivity contribution < 1.29 is 9.53 Å². The van der Waals surface area contributed by atoms with E-state index in [1.807, 2.05) is 27.7 Å². The lowest BCUT2D eigenvalue weighted by Crippen LogP contribution is -2.44. The molecule has 2 atom stereocenters. The van der Waals surface area contributed by atoms with E-state index in [9.17, 15) is 4.79 Å². The van der Waals surface area contributed by atoms with Gasteiger partial charge >= 0.3 is 6.09 Å². The maximum atomic E-state index is 11.7. The van der Waals surface area contributed by atoms with E-state index in [1.165, 1.54) is 0 Å². The van der Waals surface area contributed by atoms with Gasteiger partial charge in [0.25, 0.3) is 0 Å². The molecule has 0 aromatic heterocycles. The minimum absolute atomic E-state index is 0.0162. The number of hydrogen-bond donors (Lipinski definition) is 1. The van der Waals surface area contributed by atoms with Crippen molar-refractivity contribution >= 4 is 6.09 Å². The summed E-state index contributed by atoms with van der Waals surface area (Å²) in [6.07, 6.45) is 0.581. The molecule has 0 saturated heterocycles. The van der Waals surface area contributed by atoms with Crippen molar-refractivity contribution in [2.45, 2.75) is 87.8 Å². The Morgan fingerprint density at radius 1 is 1.11 bits per heavy atom. The Labute approximate surface area is 120 Å². The van der Waals surface area contributed by atoms with Gasteiger partial charge in [-0.15, -0.1) is 0 Å². The zero-order chi connectivity index (χ0) is 15.9. The van der Waals surface area contributed by atoms with Crippen LogP contribution >= 0.6 is 0 Å². The molecule has 0 spiro atoms. The van der Waals surface area contributed by atoms with Gasteiger partial charge in [-0.2, -0.15) is 0 Å². The van der Waals surface area contributed by atoms with Gasteiger partial charge in [0.05, 0.1) is 0 Å². The lowest BCUT2D eigenvalue weighted by atomic mass is 9.85. The van der Waals surface area contributed by atoms with Gasteiger partial charge in [-0.25, -0.2) is 4.79 Å². The van der Waals surface area contributed by atoms with Gasteiger partial charge in [0, 0.05) is 11.5 Å². The molecular formula is C16H35NO2. The van der Waals surface area contributed by atoms with Crippen LogP contribution in [0.25, 0.3) is 0 Å². The summed E-state index contributed by atoms with van der Waals surface area (Å²) in [4.78, 5) is 11.7. The first kappa shape index (κ1) is 20.6. The highest BCUT2D eigenvalue weighted by Gasteiger charge is 2.28. The SMILES string of the molecule is CC.CCC(C)(C)C(C)OC(=O)NC(C)C(C)(C)C. The summed E-state index contributed by atoms with van der Waals surface area (Å²) in [6.45, 7) is 20.6. The van der Waals surface area contributed by atoms with Crippen molar-refractivity contribution in [2.75, 3.05) is 0 Å². The molecule has 0 heterocycles. The fourth-order valence-electron chi connectivity index (χ4n) is 1.03. The van der Waals surface area contributed by atoms with E-state index < -0.39 is 0 Å². The van der Waals surface area contributed by atoms with Crippen molar-refractivity contribution in [1.29, 1.82) is 0 Å². The van der Waals surface area contributed by atoms with Gasteiger partial charge in [-0.05, 0) is 25.7 Å². The lowest BCUT2D eigenvalue weighted by molar-refractivity contribution is 0.0290. The second-order valence-corrected chi connectivity index (χ2v) is 6.62. The Morgan fingerprint density at radius 2 is 1.53 bits per heavy atom. The minimum Gasteiger partial charge on any atom is -0.446 e. The van der Waals surface area contributed by atoms with E-state index in [0.717, 1.165) is 6.42 Å². The normalized spacial score (nSPS) is 14.8. The highest BCUT2D eigenvalue weighted by molar-refractivity contribution is 5.67. The van der Waals surface area contributed by atoms with Crippen LogP contribution in [-0.2, 0) is 4.74 Å². The maximum Gasteiger partial charge on any atom is 0.407 e. The molecule has 116 valence electrons. The monoisotopic (exact) mass is 273 g/mol. The van der Waals surface area contributed by atoms with Crippen LogP contribution in [0.3, 0.4) is 0 Å². The average Bonchev–Trinajstić information content (AvgIpc) is 2.30. The summed E-state index contributed by atoms with van der Waals surface area (Å²) in [5.74, 6) is 0. The third kappa shape index (κ3) is 8.12. The first-order chi connectivity index (χ1) is 8.50. The summed E-state index contributed by atoms with van der Waals surface area (Å²) in [5.41, 5.74) is 0.0604. The molecule has 3 heteroatoms.